The minimum absolute atomic E-state index is 0.0272. The van der Waals surface area contributed by atoms with Crippen molar-refractivity contribution >= 4 is 44.7 Å². The van der Waals surface area contributed by atoms with E-state index in [-0.39, 0.29) is 47.9 Å². The molecule has 7 rings (SSSR count). The fourth-order valence-electron chi connectivity index (χ4n) is 9.12. The van der Waals surface area contributed by atoms with Crippen molar-refractivity contribution in [1.29, 1.82) is 0 Å². The molecule has 0 bridgehead atoms. The van der Waals surface area contributed by atoms with Gasteiger partial charge in [0, 0.05) is 24.0 Å². The number of fused-ring (bicyclic) bond motifs is 3. The van der Waals surface area contributed by atoms with E-state index in [0.29, 0.717) is 67.5 Å². The first-order valence-electron chi connectivity index (χ1n) is 22.6. The minimum Gasteiger partial charge on any atom is -0.497 e. The number of allylic oxidation sites excluding steroid dienone is 1. The number of carboxylic acid groups (broad SMARTS) is 1. The number of benzene rings is 2. The number of nitrogens with zero attached hydrogens (tertiary/aromatic N) is 4. The third kappa shape index (κ3) is 9.86. The highest BCUT2D eigenvalue weighted by Crippen LogP contribution is 2.48. The monoisotopic (exact) mass is 956 g/mol. The standard InChI is InChI=1S/C47H59F3N6O10S/c1-26(2)65-31-15-13-29(14-16-31)38-51-35-22-32(64-8)17-18-34(35)40(52-38)66-33-23-36-39(57)53-46(42(59)54-67(62,63)45(7)19-20-45)24-30(46)12-10-9-11-27(3)21-28(4)37(41(58)55(36)25-33)56(43(60)61)44(5,6)47(48,49)50/h10,12-18,22,26-28,30,33,36-37H,9,11,19-21,23-25H2,1-8H3,(H,53,57)(H,54,59)(H,60,61)/t27-,28+,30+,33+,36-,37-,46+/m0/s1. The van der Waals surface area contributed by atoms with Crippen LogP contribution in [-0.2, 0) is 24.4 Å². The van der Waals surface area contributed by atoms with E-state index in [1.54, 1.807) is 54.6 Å². The van der Waals surface area contributed by atoms with Gasteiger partial charge in [-0.05, 0) is 121 Å². The summed E-state index contributed by atoms with van der Waals surface area (Å²) in [4.78, 5) is 68.0. The average Bonchev–Trinajstić information content (AvgIpc) is 4.13. The van der Waals surface area contributed by atoms with Gasteiger partial charge in [0.15, 0.2) is 5.82 Å². The zero-order valence-electron chi connectivity index (χ0n) is 38.8. The highest BCUT2D eigenvalue weighted by atomic mass is 32.2. The van der Waals surface area contributed by atoms with Crippen LogP contribution < -0.4 is 24.2 Å². The van der Waals surface area contributed by atoms with Crippen molar-refractivity contribution in [3.63, 3.8) is 0 Å². The van der Waals surface area contributed by atoms with Crippen LogP contribution in [0.4, 0.5) is 18.0 Å². The van der Waals surface area contributed by atoms with Crippen molar-refractivity contribution < 1.29 is 60.1 Å². The van der Waals surface area contributed by atoms with E-state index in [0.717, 1.165) is 4.90 Å². The van der Waals surface area contributed by atoms with Crippen LogP contribution >= 0.6 is 0 Å². The number of amides is 4. The topological polar surface area (TPSA) is 207 Å². The Bertz CT molecular complexity index is 2550. The summed E-state index contributed by atoms with van der Waals surface area (Å²) >= 11 is 0. The van der Waals surface area contributed by atoms with Crippen molar-refractivity contribution in [3.05, 3.63) is 54.6 Å². The number of aromatic nitrogens is 2. The Labute approximate surface area is 388 Å². The van der Waals surface area contributed by atoms with Gasteiger partial charge in [0.2, 0.25) is 27.7 Å². The molecule has 4 amide bonds. The largest absolute Gasteiger partial charge is 0.497 e. The molecule has 3 N–H and O–H groups in total. The maximum atomic E-state index is 15.3. The fourth-order valence-corrected chi connectivity index (χ4v) is 10.4. The predicted octanol–water partition coefficient (Wildman–Crippen LogP) is 7.02. The summed E-state index contributed by atoms with van der Waals surface area (Å²) in [6.07, 6.45) is -3.23. The lowest BCUT2D eigenvalue weighted by molar-refractivity contribution is -0.222. The third-order valence-electron chi connectivity index (χ3n) is 13.6. The summed E-state index contributed by atoms with van der Waals surface area (Å²) in [5.74, 6) is -3.42. The number of hydrogen-bond donors (Lipinski definition) is 3. The molecule has 4 aliphatic rings. The van der Waals surface area contributed by atoms with Crippen LogP contribution in [0.25, 0.3) is 22.3 Å². The second-order valence-electron chi connectivity index (χ2n) is 19.5. The van der Waals surface area contributed by atoms with E-state index in [1.807, 2.05) is 20.8 Å². The minimum atomic E-state index is -5.12. The van der Waals surface area contributed by atoms with Crippen LogP contribution in [0.15, 0.2) is 54.6 Å². The summed E-state index contributed by atoms with van der Waals surface area (Å²) < 4.78 is 90.2. The van der Waals surface area contributed by atoms with Crippen molar-refractivity contribution in [1.82, 2.24) is 29.8 Å². The van der Waals surface area contributed by atoms with Crippen molar-refractivity contribution in [3.8, 4) is 28.8 Å². The highest BCUT2D eigenvalue weighted by molar-refractivity contribution is 7.91. The lowest BCUT2D eigenvalue weighted by Crippen LogP contribution is -2.66. The number of rotatable bonds is 11. The quantitative estimate of drug-likeness (QED) is 0.166. The summed E-state index contributed by atoms with van der Waals surface area (Å²) in [6.45, 7) is 9.64. The molecule has 16 nitrogen and oxygen atoms in total. The van der Waals surface area contributed by atoms with E-state index in [4.69, 9.17) is 24.2 Å². The molecular weight excluding hydrogens is 898 g/mol. The maximum Gasteiger partial charge on any atom is 0.411 e. The second-order valence-corrected chi connectivity index (χ2v) is 21.7. The van der Waals surface area contributed by atoms with Crippen molar-refractivity contribution in [2.45, 2.75) is 140 Å². The number of sulfonamides is 1. The van der Waals surface area contributed by atoms with Gasteiger partial charge in [0.25, 0.3) is 5.91 Å². The summed E-state index contributed by atoms with van der Waals surface area (Å²) in [5.41, 5.74) is -3.83. The van der Waals surface area contributed by atoms with Crippen LogP contribution in [0.1, 0.15) is 93.4 Å². The van der Waals surface area contributed by atoms with E-state index >= 15 is 4.79 Å². The number of hydrogen-bond acceptors (Lipinski definition) is 11. The van der Waals surface area contributed by atoms with Gasteiger partial charge in [-0.2, -0.15) is 18.2 Å². The SMILES string of the molecule is COc1ccc2c(O[C@@H]3C[C@H]4C(=O)N[C@]5(C(=O)NS(=O)(=O)C6(C)CC6)C[C@H]5C=CCC[C@H](C)C[C@@H](C)[C@H](N(C(=O)O)C(C)(C)C(F)(F)F)C(=O)N4C3)nc(-c3ccc(OC(C)C)cc3)nc2c1. The second kappa shape index (κ2) is 18.1. The number of carbonyl (C=O) groups is 4. The van der Waals surface area contributed by atoms with Crippen molar-refractivity contribution in [2.24, 2.45) is 17.8 Å². The Morgan fingerprint density at radius 3 is 2.31 bits per heavy atom. The number of halogens is 3. The van der Waals surface area contributed by atoms with Crippen LogP contribution in [0.2, 0.25) is 0 Å². The first kappa shape index (κ1) is 49.3. The van der Waals surface area contributed by atoms with Crippen LogP contribution in [0, 0.1) is 17.8 Å². The molecule has 3 aromatic rings. The summed E-state index contributed by atoms with van der Waals surface area (Å²) in [5, 5.41) is 13.8. The number of ether oxygens (including phenoxy) is 3. The Balaban J connectivity index is 1.31. The molecule has 1 saturated heterocycles. The maximum absolute atomic E-state index is 15.3. The number of carbonyl (C=O) groups excluding carboxylic acids is 3. The Hall–Kier alpha value is -5.66. The molecule has 0 spiro atoms. The lowest BCUT2D eigenvalue weighted by Gasteiger charge is -2.45. The average molecular weight is 957 g/mol. The lowest BCUT2D eigenvalue weighted by atomic mass is 9.85. The van der Waals surface area contributed by atoms with Crippen LogP contribution in [-0.4, -0.2) is 117 Å². The Morgan fingerprint density at radius 1 is 1.03 bits per heavy atom. The molecule has 3 heterocycles. The third-order valence-corrected chi connectivity index (χ3v) is 15.8. The zero-order valence-corrected chi connectivity index (χ0v) is 39.7. The Kier molecular flexibility index (Phi) is 13.3. The first-order valence-corrected chi connectivity index (χ1v) is 24.0. The van der Waals surface area contributed by atoms with Gasteiger partial charge in [-0.3, -0.25) is 24.0 Å². The van der Waals surface area contributed by atoms with Gasteiger partial charge in [-0.15, -0.1) is 0 Å². The molecule has 7 atom stereocenters. The smallest absolute Gasteiger partial charge is 0.411 e. The van der Waals surface area contributed by atoms with Crippen LogP contribution in [0.5, 0.6) is 17.4 Å². The molecular formula is C47H59F3N6O10S. The molecule has 3 fully saturated rings. The van der Waals surface area contributed by atoms with Gasteiger partial charge in [-0.1, -0.05) is 26.0 Å². The highest BCUT2D eigenvalue weighted by Gasteiger charge is 2.64. The molecule has 2 aliphatic heterocycles. The van der Waals surface area contributed by atoms with E-state index < -0.39 is 92.4 Å². The van der Waals surface area contributed by atoms with Crippen molar-refractivity contribution in [2.75, 3.05) is 13.7 Å². The normalized spacial score (nSPS) is 26.7. The molecule has 1 aromatic heterocycles. The van der Waals surface area contributed by atoms with E-state index in [2.05, 4.69) is 10.0 Å². The van der Waals surface area contributed by atoms with Gasteiger partial charge in [0.1, 0.15) is 40.8 Å². The molecule has 67 heavy (non-hydrogen) atoms. The van der Waals surface area contributed by atoms with E-state index in [9.17, 15) is 41.1 Å². The van der Waals surface area contributed by atoms with E-state index in [1.165, 1.54) is 21.0 Å². The van der Waals surface area contributed by atoms with Gasteiger partial charge >= 0.3 is 12.3 Å². The number of methoxy groups -OCH3 is 1. The van der Waals surface area contributed by atoms with Crippen LogP contribution in [0.3, 0.4) is 0 Å². The predicted molar refractivity (Wildman–Crippen MR) is 241 cm³/mol. The molecule has 2 saturated carbocycles. The molecule has 0 unspecified atom stereocenters. The molecule has 364 valence electrons. The summed E-state index contributed by atoms with van der Waals surface area (Å²) in [7, 11) is -2.66. The fraction of sp³-hybridized carbons (Fsp3) is 0.574. The summed E-state index contributed by atoms with van der Waals surface area (Å²) in [6, 6.07) is 8.57. The molecule has 2 aliphatic carbocycles. The molecule has 2 aromatic carbocycles. The Morgan fingerprint density at radius 2 is 1.70 bits per heavy atom. The molecule has 0 radical (unpaired) electrons. The van der Waals surface area contributed by atoms with Gasteiger partial charge in [-0.25, -0.2) is 18.2 Å². The zero-order chi connectivity index (χ0) is 49.0. The number of nitrogens with one attached hydrogen (secondary N) is 2. The molecule has 20 heteroatoms. The first-order chi connectivity index (χ1) is 31.3. The van der Waals surface area contributed by atoms with Gasteiger partial charge < -0.3 is 29.5 Å². The number of alkyl halides is 3. The van der Waals surface area contributed by atoms with Gasteiger partial charge in [0.05, 0.1) is 35.4 Å².